The molecule has 0 aliphatic rings. The maximum Gasteiger partial charge on any atom is 0.0501 e. The van der Waals surface area contributed by atoms with Crippen LogP contribution in [0.15, 0.2) is 28.7 Å². The van der Waals surface area contributed by atoms with Gasteiger partial charge in [-0.15, -0.1) is 17.4 Å². The van der Waals surface area contributed by atoms with E-state index in [9.17, 15) is 0 Å². The van der Waals surface area contributed by atoms with Crippen LogP contribution in [0.3, 0.4) is 0 Å². The van der Waals surface area contributed by atoms with E-state index < -0.39 is 0 Å². The molecule has 0 heterocycles. The zero-order chi connectivity index (χ0) is 7.40. The Hall–Kier alpha value is 0.0400. The van der Waals surface area contributed by atoms with Gasteiger partial charge in [0.1, 0.15) is 0 Å². The van der Waals surface area contributed by atoms with Gasteiger partial charge in [-0.3, -0.25) is 0 Å². The first-order valence-corrected chi connectivity index (χ1v) is 3.87. The Morgan fingerprint density at radius 2 is 1.73 bits per heavy atom. The molecule has 1 aromatic rings. The van der Waals surface area contributed by atoms with Crippen molar-refractivity contribution < 1.29 is 0 Å². The maximum atomic E-state index is 5.20. The average molecular weight is 258 g/mol. The van der Waals surface area contributed by atoms with Crippen LogP contribution in [0, 0.1) is 0 Å². The van der Waals surface area contributed by atoms with Gasteiger partial charge >= 0.3 is 0 Å². The molecule has 11 heavy (non-hydrogen) atoms. The standard InChI is InChI=1S/C6H6BrClN2.ClH/c7-5-1-3-6(4-2-5)9-10-8;/h1-4,9-10H;1H. The van der Waals surface area contributed by atoms with Gasteiger partial charge in [-0.25, -0.2) is 0 Å². The molecule has 62 valence electrons. The second-order valence-electron chi connectivity index (χ2n) is 1.73. The Labute approximate surface area is 84.9 Å². The topological polar surface area (TPSA) is 24.1 Å². The maximum absolute atomic E-state index is 5.20. The van der Waals surface area contributed by atoms with Gasteiger partial charge in [0.05, 0.1) is 5.69 Å². The molecule has 0 saturated carbocycles. The van der Waals surface area contributed by atoms with E-state index in [1.165, 1.54) is 0 Å². The summed E-state index contributed by atoms with van der Waals surface area (Å²) in [6.45, 7) is 0. The lowest BCUT2D eigenvalue weighted by molar-refractivity contribution is 1.20. The van der Waals surface area contributed by atoms with Crippen LogP contribution in [0.1, 0.15) is 0 Å². The molecule has 0 unspecified atom stereocenters. The summed E-state index contributed by atoms with van der Waals surface area (Å²) >= 11 is 8.52. The van der Waals surface area contributed by atoms with Crippen molar-refractivity contribution in [1.82, 2.24) is 4.94 Å². The predicted molar refractivity (Wildman–Crippen MR) is 54.0 cm³/mol. The van der Waals surface area contributed by atoms with Crippen molar-refractivity contribution >= 4 is 45.8 Å². The molecule has 0 bridgehead atoms. The lowest BCUT2D eigenvalue weighted by atomic mass is 10.3. The zero-order valence-corrected chi connectivity index (χ0v) is 8.63. The third kappa shape index (κ3) is 3.82. The van der Waals surface area contributed by atoms with E-state index in [1.807, 2.05) is 24.3 Å². The first kappa shape index (κ1) is 11.0. The largest absolute Gasteiger partial charge is 0.308 e. The highest BCUT2D eigenvalue weighted by atomic mass is 79.9. The van der Waals surface area contributed by atoms with E-state index in [4.69, 9.17) is 11.8 Å². The van der Waals surface area contributed by atoms with E-state index in [1.54, 1.807) is 0 Å². The summed E-state index contributed by atoms with van der Waals surface area (Å²) in [5.74, 6) is 0. The minimum absolute atomic E-state index is 0. The number of nitrogens with one attached hydrogen (secondary N) is 2. The van der Waals surface area contributed by atoms with Crippen LogP contribution < -0.4 is 10.4 Å². The molecular formula is C6H7BrCl2N2. The molecular weight excluding hydrogens is 251 g/mol. The minimum atomic E-state index is 0. The Bertz CT molecular complexity index is 202. The Balaban J connectivity index is 0.000001000. The third-order valence-electron chi connectivity index (χ3n) is 1.04. The van der Waals surface area contributed by atoms with Crippen molar-refractivity contribution in [3.8, 4) is 0 Å². The number of halogens is 3. The smallest absolute Gasteiger partial charge is 0.0501 e. The molecule has 5 heteroatoms. The van der Waals surface area contributed by atoms with Crippen LogP contribution in [0.25, 0.3) is 0 Å². The van der Waals surface area contributed by atoms with E-state index in [2.05, 4.69) is 26.3 Å². The molecule has 1 aromatic carbocycles. The van der Waals surface area contributed by atoms with Crippen LogP contribution in [0.4, 0.5) is 5.69 Å². The monoisotopic (exact) mass is 256 g/mol. The molecule has 2 nitrogen and oxygen atoms in total. The lowest BCUT2D eigenvalue weighted by Crippen LogP contribution is -2.07. The van der Waals surface area contributed by atoms with Crippen LogP contribution in [0.5, 0.6) is 0 Å². The first-order chi connectivity index (χ1) is 4.83. The van der Waals surface area contributed by atoms with Gasteiger partial charge in [-0.1, -0.05) is 15.9 Å². The molecule has 2 N–H and O–H groups in total. The van der Waals surface area contributed by atoms with Crippen LogP contribution in [-0.2, 0) is 0 Å². The van der Waals surface area contributed by atoms with Crippen molar-refractivity contribution in [2.45, 2.75) is 0 Å². The second kappa shape index (κ2) is 5.66. The van der Waals surface area contributed by atoms with Crippen molar-refractivity contribution in [3.05, 3.63) is 28.7 Å². The number of anilines is 1. The number of hydrogen-bond acceptors (Lipinski definition) is 2. The lowest BCUT2D eigenvalue weighted by Gasteiger charge is -2.00. The Morgan fingerprint density at radius 3 is 2.18 bits per heavy atom. The summed E-state index contributed by atoms with van der Waals surface area (Å²) in [6.07, 6.45) is 0. The van der Waals surface area contributed by atoms with Crippen molar-refractivity contribution in [2.75, 3.05) is 5.43 Å². The highest BCUT2D eigenvalue weighted by Crippen LogP contribution is 2.12. The van der Waals surface area contributed by atoms with Crippen molar-refractivity contribution in [1.29, 1.82) is 0 Å². The fraction of sp³-hybridized carbons (Fsp3) is 0. The third-order valence-corrected chi connectivity index (χ3v) is 1.66. The summed E-state index contributed by atoms with van der Waals surface area (Å²) < 4.78 is 1.05. The summed E-state index contributed by atoms with van der Waals surface area (Å²) in [6, 6.07) is 7.66. The van der Waals surface area contributed by atoms with Crippen LogP contribution in [0.2, 0.25) is 0 Å². The number of hydrogen-bond donors (Lipinski definition) is 2. The van der Waals surface area contributed by atoms with Crippen molar-refractivity contribution in [3.63, 3.8) is 0 Å². The highest BCUT2D eigenvalue weighted by Gasteiger charge is 1.87. The van der Waals surface area contributed by atoms with Gasteiger partial charge in [0, 0.05) is 4.47 Å². The molecule has 0 spiro atoms. The normalized spacial score (nSPS) is 8.55. The molecule has 0 aliphatic heterocycles. The highest BCUT2D eigenvalue weighted by molar-refractivity contribution is 9.10. The first-order valence-electron chi connectivity index (χ1n) is 2.70. The fourth-order valence-electron chi connectivity index (χ4n) is 0.588. The molecule has 0 aromatic heterocycles. The second-order valence-corrected chi connectivity index (χ2v) is 2.83. The summed E-state index contributed by atoms with van der Waals surface area (Å²) in [5, 5.41) is 0. The van der Waals surface area contributed by atoms with Gasteiger partial charge in [0.15, 0.2) is 0 Å². The quantitative estimate of drug-likeness (QED) is 0.629. The molecule has 1 rings (SSSR count). The summed E-state index contributed by atoms with van der Waals surface area (Å²) in [4.78, 5) is 2.31. The predicted octanol–water partition coefficient (Wildman–Crippen LogP) is 2.94. The molecule has 0 saturated heterocycles. The Kier molecular flexibility index (Phi) is 5.68. The number of hydrazine groups is 1. The molecule has 0 radical (unpaired) electrons. The average Bonchev–Trinajstić information content (AvgIpc) is 1.95. The van der Waals surface area contributed by atoms with E-state index in [0.29, 0.717) is 0 Å². The van der Waals surface area contributed by atoms with Gasteiger partial charge in [-0.05, 0) is 36.0 Å². The SMILES string of the molecule is Cl.ClNNc1ccc(Br)cc1. The Morgan fingerprint density at radius 1 is 1.18 bits per heavy atom. The van der Waals surface area contributed by atoms with E-state index >= 15 is 0 Å². The zero-order valence-electron chi connectivity index (χ0n) is 5.47. The molecule has 0 amide bonds. The van der Waals surface area contributed by atoms with E-state index in [0.717, 1.165) is 10.2 Å². The number of benzene rings is 1. The van der Waals surface area contributed by atoms with E-state index in [-0.39, 0.29) is 12.4 Å². The minimum Gasteiger partial charge on any atom is -0.308 e. The van der Waals surface area contributed by atoms with Crippen LogP contribution in [-0.4, -0.2) is 0 Å². The number of rotatable bonds is 2. The van der Waals surface area contributed by atoms with Gasteiger partial charge in [0.2, 0.25) is 0 Å². The van der Waals surface area contributed by atoms with Crippen LogP contribution >= 0.6 is 40.1 Å². The molecule has 0 atom stereocenters. The fourth-order valence-corrected chi connectivity index (χ4v) is 0.961. The molecule has 0 fully saturated rings. The van der Waals surface area contributed by atoms with Gasteiger partial charge in [0.25, 0.3) is 0 Å². The van der Waals surface area contributed by atoms with Gasteiger partial charge < -0.3 is 5.43 Å². The summed E-state index contributed by atoms with van der Waals surface area (Å²) in [5.41, 5.74) is 3.66. The van der Waals surface area contributed by atoms with Crippen molar-refractivity contribution in [2.24, 2.45) is 0 Å². The summed E-state index contributed by atoms with van der Waals surface area (Å²) in [7, 11) is 0. The van der Waals surface area contributed by atoms with Gasteiger partial charge in [-0.2, -0.15) is 0 Å². The molecule has 0 aliphatic carbocycles.